The fourth-order valence-electron chi connectivity index (χ4n) is 7.10. The van der Waals surface area contributed by atoms with Crippen LogP contribution in [0, 0.1) is 0 Å². The van der Waals surface area contributed by atoms with E-state index in [0.717, 1.165) is 39.2 Å². The van der Waals surface area contributed by atoms with Crippen molar-refractivity contribution < 1.29 is 0 Å². The predicted octanol–water partition coefficient (Wildman–Crippen LogP) is 11.8. The van der Waals surface area contributed by atoms with E-state index in [2.05, 4.69) is 175 Å². The molecule has 0 amide bonds. The fourth-order valence-corrected chi connectivity index (χ4v) is 9.81. The Morgan fingerprint density at radius 1 is 0.314 bits per heavy atom. The molecule has 3 nitrogen and oxygen atoms in total. The molecule has 240 valence electrons. The van der Waals surface area contributed by atoms with Gasteiger partial charge in [-0.25, -0.2) is 0 Å². The van der Waals surface area contributed by atoms with Crippen LogP contribution < -0.4 is 0 Å². The molecule has 0 N–H and O–H groups in total. The Morgan fingerprint density at radius 2 is 0.804 bits per heavy atom. The van der Waals surface area contributed by atoms with Crippen LogP contribution in [0.25, 0.3) is 86.7 Å². The Bertz CT molecular complexity index is 2620. The summed E-state index contributed by atoms with van der Waals surface area (Å²) < 4.78 is 2.71. The van der Waals surface area contributed by atoms with Gasteiger partial charge in [-0.2, -0.15) is 0 Å². The standard InChI is InChI=1S/C47H31N3Se/c1-5-18-32(19-6-1)36-26-13-14-27-38(36)44-39-28-15-16-31-41(39)51-47(44)43-37(33-20-7-2-8-21-33)29-17-30-40(43)46-42(34-22-9-3-10-23-34)45(48-50-49-46)35-24-11-4-12-25-35/h1-31H. The van der Waals surface area contributed by atoms with Crippen LogP contribution in [-0.2, 0) is 0 Å². The van der Waals surface area contributed by atoms with E-state index >= 15 is 0 Å². The summed E-state index contributed by atoms with van der Waals surface area (Å²) in [5, 5.41) is 15.3. The van der Waals surface area contributed by atoms with Crippen LogP contribution in [0.2, 0.25) is 0 Å². The second-order valence-corrected chi connectivity index (χ2v) is 14.6. The normalized spacial score (nSPS) is 11.1. The van der Waals surface area contributed by atoms with Crippen molar-refractivity contribution in [3.05, 3.63) is 188 Å². The maximum absolute atomic E-state index is 4.91. The minimum absolute atomic E-state index is 0.00495. The molecule has 2 heterocycles. The van der Waals surface area contributed by atoms with Gasteiger partial charge in [0.1, 0.15) is 0 Å². The van der Waals surface area contributed by atoms with E-state index < -0.39 is 0 Å². The van der Waals surface area contributed by atoms with Gasteiger partial charge in [0.15, 0.2) is 0 Å². The molecule has 0 fully saturated rings. The third-order valence-corrected chi connectivity index (χ3v) is 11.9. The number of hydrogen-bond acceptors (Lipinski definition) is 3. The molecule has 2 aromatic heterocycles. The van der Waals surface area contributed by atoms with Crippen LogP contribution in [0.15, 0.2) is 188 Å². The van der Waals surface area contributed by atoms with E-state index in [-0.39, 0.29) is 14.5 Å². The van der Waals surface area contributed by atoms with Gasteiger partial charge in [0.25, 0.3) is 0 Å². The first-order valence-corrected chi connectivity index (χ1v) is 18.8. The van der Waals surface area contributed by atoms with Gasteiger partial charge in [-0.05, 0) is 0 Å². The van der Waals surface area contributed by atoms with Gasteiger partial charge >= 0.3 is 305 Å². The molecule has 9 rings (SSSR count). The molecule has 0 unspecified atom stereocenters. The van der Waals surface area contributed by atoms with Crippen molar-refractivity contribution in [1.82, 2.24) is 15.4 Å². The molecule has 0 bridgehead atoms. The third-order valence-electron chi connectivity index (χ3n) is 9.38. The zero-order valence-corrected chi connectivity index (χ0v) is 29.4. The molecule has 7 aromatic carbocycles. The van der Waals surface area contributed by atoms with E-state index in [4.69, 9.17) is 10.2 Å². The number of aromatic nitrogens is 3. The van der Waals surface area contributed by atoms with E-state index in [0.29, 0.717) is 0 Å². The van der Waals surface area contributed by atoms with Crippen LogP contribution >= 0.6 is 0 Å². The molecule has 0 aliphatic rings. The van der Waals surface area contributed by atoms with Gasteiger partial charge in [-0.15, -0.1) is 0 Å². The SMILES string of the molecule is c1ccc(-c2ccccc2-c2c(-c3c(-c4ccccc4)cccc3-c3nnnc(-c4ccccc4)c3-c3ccccc3)[se]c3ccccc23)cc1. The first kappa shape index (κ1) is 30.8. The molecule has 0 aliphatic carbocycles. The Labute approximate surface area is 303 Å². The van der Waals surface area contributed by atoms with Gasteiger partial charge in [-0.3, -0.25) is 0 Å². The molecular weight excluding hydrogens is 685 g/mol. The second-order valence-electron chi connectivity index (χ2n) is 12.4. The van der Waals surface area contributed by atoms with Crippen LogP contribution in [0.5, 0.6) is 0 Å². The molecule has 0 aliphatic heterocycles. The molecule has 4 heteroatoms. The average molecular weight is 717 g/mol. The van der Waals surface area contributed by atoms with E-state index in [1.807, 2.05) is 18.2 Å². The molecule has 0 spiro atoms. The molecule has 0 saturated heterocycles. The maximum atomic E-state index is 4.91. The number of nitrogens with zero attached hydrogens (tertiary/aromatic N) is 3. The Kier molecular flexibility index (Phi) is 8.23. The quantitative estimate of drug-likeness (QED) is 0.154. The van der Waals surface area contributed by atoms with Gasteiger partial charge in [0.05, 0.1) is 0 Å². The zero-order valence-electron chi connectivity index (χ0n) is 27.6. The van der Waals surface area contributed by atoms with Crippen molar-refractivity contribution >= 4 is 24.1 Å². The zero-order chi connectivity index (χ0) is 34.0. The van der Waals surface area contributed by atoms with Gasteiger partial charge in [-0.1, -0.05) is 0 Å². The number of fused-ring (bicyclic) bond motifs is 1. The third kappa shape index (κ3) is 5.71. The Balaban J connectivity index is 1.41. The van der Waals surface area contributed by atoms with Crippen LogP contribution in [0.4, 0.5) is 0 Å². The van der Waals surface area contributed by atoms with Crippen molar-refractivity contribution in [2.45, 2.75) is 0 Å². The molecule has 0 saturated carbocycles. The average Bonchev–Trinajstić information content (AvgIpc) is 3.61. The topological polar surface area (TPSA) is 38.7 Å². The van der Waals surface area contributed by atoms with Crippen molar-refractivity contribution in [2.24, 2.45) is 0 Å². The van der Waals surface area contributed by atoms with Crippen molar-refractivity contribution in [1.29, 1.82) is 0 Å². The van der Waals surface area contributed by atoms with Gasteiger partial charge in [0.2, 0.25) is 0 Å². The Morgan fingerprint density at radius 3 is 1.49 bits per heavy atom. The predicted molar refractivity (Wildman–Crippen MR) is 212 cm³/mol. The summed E-state index contributed by atoms with van der Waals surface area (Å²) in [5.41, 5.74) is 14.1. The first-order valence-electron chi connectivity index (χ1n) is 17.0. The van der Waals surface area contributed by atoms with Crippen molar-refractivity contribution in [3.8, 4) is 77.0 Å². The molecular formula is C47H31N3Se. The summed E-state index contributed by atoms with van der Waals surface area (Å²) in [6.07, 6.45) is 0. The van der Waals surface area contributed by atoms with E-state index in [1.165, 1.54) is 47.5 Å². The van der Waals surface area contributed by atoms with Crippen LogP contribution in [0.1, 0.15) is 0 Å². The first-order chi connectivity index (χ1) is 25.3. The second kappa shape index (κ2) is 13.6. The summed E-state index contributed by atoms with van der Waals surface area (Å²) in [6, 6.07) is 66.7. The molecule has 0 atom stereocenters. The number of rotatable bonds is 7. The monoisotopic (exact) mass is 717 g/mol. The van der Waals surface area contributed by atoms with E-state index in [9.17, 15) is 0 Å². The van der Waals surface area contributed by atoms with Crippen LogP contribution in [-0.4, -0.2) is 29.9 Å². The minimum atomic E-state index is 0.00495. The summed E-state index contributed by atoms with van der Waals surface area (Å²) in [7, 11) is 0. The fraction of sp³-hybridized carbons (Fsp3) is 0. The molecule has 0 radical (unpaired) electrons. The molecule has 51 heavy (non-hydrogen) atoms. The van der Waals surface area contributed by atoms with Crippen molar-refractivity contribution in [2.75, 3.05) is 0 Å². The van der Waals surface area contributed by atoms with Crippen LogP contribution in [0.3, 0.4) is 0 Å². The summed E-state index contributed by atoms with van der Waals surface area (Å²) >= 11 is 0.00495. The summed E-state index contributed by atoms with van der Waals surface area (Å²) in [4.78, 5) is 0. The summed E-state index contributed by atoms with van der Waals surface area (Å²) in [5.74, 6) is 0. The van der Waals surface area contributed by atoms with Gasteiger partial charge < -0.3 is 0 Å². The number of hydrogen-bond donors (Lipinski definition) is 0. The van der Waals surface area contributed by atoms with Gasteiger partial charge in [0, 0.05) is 0 Å². The molecule has 9 aromatic rings. The number of benzene rings is 7. The Hall–Kier alpha value is -6.19. The summed E-state index contributed by atoms with van der Waals surface area (Å²) in [6.45, 7) is 0. The van der Waals surface area contributed by atoms with Crippen molar-refractivity contribution in [3.63, 3.8) is 0 Å². The van der Waals surface area contributed by atoms with E-state index in [1.54, 1.807) is 0 Å².